The van der Waals surface area contributed by atoms with Crippen LogP contribution in [-0.4, -0.2) is 41.1 Å². The molecule has 1 fully saturated rings. The maximum atomic E-state index is 12.1. The van der Waals surface area contributed by atoms with E-state index in [0.29, 0.717) is 17.5 Å². The van der Waals surface area contributed by atoms with Gasteiger partial charge in [0.05, 0.1) is 15.9 Å². The fraction of sp³-hybridized carbons (Fsp3) is 0.345. The van der Waals surface area contributed by atoms with E-state index < -0.39 is 0 Å². The van der Waals surface area contributed by atoms with Gasteiger partial charge in [-0.25, -0.2) is 14.8 Å². The number of aromatic nitrogens is 2. The van der Waals surface area contributed by atoms with Crippen LogP contribution in [0, 0.1) is 5.41 Å². The zero-order chi connectivity index (χ0) is 27.1. The number of rotatable bonds is 9. The number of allylic oxidation sites excluding steroid dienone is 2. The van der Waals surface area contributed by atoms with Crippen molar-refractivity contribution in [3.63, 3.8) is 0 Å². The van der Waals surface area contributed by atoms with Crippen LogP contribution in [0.3, 0.4) is 0 Å². The van der Waals surface area contributed by atoms with Crippen LogP contribution in [0.2, 0.25) is 0 Å². The van der Waals surface area contributed by atoms with Crippen molar-refractivity contribution >= 4 is 50.8 Å². The van der Waals surface area contributed by atoms with E-state index in [-0.39, 0.29) is 17.5 Å². The van der Waals surface area contributed by atoms with E-state index in [0.717, 1.165) is 64.6 Å². The van der Waals surface area contributed by atoms with Crippen molar-refractivity contribution in [3.8, 4) is 11.3 Å². The first-order valence-electron chi connectivity index (χ1n) is 12.9. The average Bonchev–Trinajstić information content (AvgIpc) is 3.33. The molecule has 1 aromatic carbocycles. The third-order valence-corrected chi connectivity index (χ3v) is 7.80. The SMILES string of the molecule is C=C(/N=C\C(=C/C)c1cc(-c2ccccn2)c2sc(NC(=O)NCC)nc2c1)NC1CCC(C)(C=O)CC1. The lowest BCUT2D eigenvalue weighted by atomic mass is 9.75. The Morgan fingerprint density at radius 3 is 2.74 bits per heavy atom. The Bertz CT molecular complexity index is 1370. The highest BCUT2D eigenvalue weighted by Gasteiger charge is 2.30. The van der Waals surface area contributed by atoms with Gasteiger partial charge in [0.2, 0.25) is 0 Å². The van der Waals surface area contributed by atoms with E-state index in [1.54, 1.807) is 12.4 Å². The van der Waals surface area contributed by atoms with Gasteiger partial charge >= 0.3 is 6.03 Å². The van der Waals surface area contributed by atoms with E-state index in [1.165, 1.54) is 11.3 Å². The number of carbonyl (C=O) groups is 2. The largest absolute Gasteiger partial charge is 0.368 e. The lowest BCUT2D eigenvalue weighted by Crippen LogP contribution is -2.36. The van der Waals surface area contributed by atoms with Gasteiger partial charge in [-0.2, -0.15) is 0 Å². The maximum Gasteiger partial charge on any atom is 0.321 e. The summed E-state index contributed by atoms with van der Waals surface area (Å²) in [7, 11) is 0. The molecule has 3 aromatic rings. The normalized spacial score (nSPS) is 19.9. The fourth-order valence-electron chi connectivity index (χ4n) is 4.54. The van der Waals surface area contributed by atoms with Crippen molar-refractivity contribution < 1.29 is 9.59 Å². The summed E-state index contributed by atoms with van der Waals surface area (Å²) in [5.74, 6) is 0.595. The predicted octanol–water partition coefficient (Wildman–Crippen LogP) is 6.18. The van der Waals surface area contributed by atoms with E-state index in [9.17, 15) is 9.59 Å². The maximum absolute atomic E-state index is 12.1. The minimum atomic E-state index is -0.285. The van der Waals surface area contributed by atoms with Gasteiger partial charge in [0.1, 0.15) is 12.1 Å². The van der Waals surface area contributed by atoms with Crippen LogP contribution in [0.4, 0.5) is 9.93 Å². The van der Waals surface area contributed by atoms with Crippen LogP contribution in [-0.2, 0) is 4.79 Å². The highest BCUT2D eigenvalue weighted by molar-refractivity contribution is 7.22. The summed E-state index contributed by atoms with van der Waals surface area (Å²) in [5.41, 5.74) is 4.16. The van der Waals surface area contributed by atoms with Gasteiger partial charge in [-0.05, 0) is 74.9 Å². The van der Waals surface area contributed by atoms with Crippen molar-refractivity contribution in [2.75, 3.05) is 11.9 Å². The van der Waals surface area contributed by atoms with E-state index >= 15 is 0 Å². The fourth-order valence-corrected chi connectivity index (χ4v) is 5.51. The number of aliphatic imine (C=N–C) groups is 1. The number of nitrogens with one attached hydrogen (secondary N) is 3. The molecule has 0 spiro atoms. The molecule has 38 heavy (non-hydrogen) atoms. The second-order valence-electron chi connectivity index (χ2n) is 9.73. The molecule has 9 heteroatoms. The van der Waals surface area contributed by atoms with Crippen molar-refractivity contribution in [1.29, 1.82) is 0 Å². The Morgan fingerprint density at radius 1 is 1.29 bits per heavy atom. The number of anilines is 1. The van der Waals surface area contributed by atoms with Gasteiger partial charge in [0.15, 0.2) is 5.13 Å². The second-order valence-corrected chi connectivity index (χ2v) is 10.7. The Hall–Kier alpha value is -3.85. The molecule has 8 nitrogen and oxygen atoms in total. The standard InChI is InChI=1S/C29H34N6O2S/c1-5-20(17-32-19(3)33-22-10-12-29(4,18-36)13-11-22)21-15-23(24-9-7-8-14-31-24)26-25(16-21)34-28(38-26)35-27(37)30-6-2/h5,7-9,14-18,22,33H,3,6,10-13H2,1-2,4H3,(H2,30,34,35,37)/b20-5+,32-17-. The molecule has 2 aromatic heterocycles. The quantitative estimate of drug-likeness (QED) is 0.226. The van der Waals surface area contributed by atoms with Gasteiger partial charge in [-0.15, -0.1) is 0 Å². The molecule has 0 radical (unpaired) electrons. The highest BCUT2D eigenvalue weighted by atomic mass is 32.1. The van der Waals surface area contributed by atoms with Crippen LogP contribution >= 0.6 is 11.3 Å². The molecule has 0 aliphatic heterocycles. The average molecular weight is 531 g/mol. The summed E-state index contributed by atoms with van der Waals surface area (Å²) in [6.45, 7) is 10.5. The van der Waals surface area contributed by atoms with Crippen LogP contribution in [0.1, 0.15) is 52.0 Å². The van der Waals surface area contributed by atoms with E-state index in [4.69, 9.17) is 0 Å². The number of thiazole rings is 1. The van der Waals surface area contributed by atoms with Crippen molar-refractivity contribution in [2.24, 2.45) is 10.4 Å². The molecule has 2 heterocycles. The van der Waals surface area contributed by atoms with Gasteiger partial charge < -0.3 is 15.4 Å². The van der Waals surface area contributed by atoms with Gasteiger partial charge in [0, 0.05) is 36.0 Å². The summed E-state index contributed by atoms with van der Waals surface area (Å²) >= 11 is 1.42. The minimum absolute atomic E-state index is 0.213. The summed E-state index contributed by atoms with van der Waals surface area (Å²) in [4.78, 5) is 37.3. The lowest BCUT2D eigenvalue weighted by Gasteiger charge is -2.33. The number of hydrogen-bond acceptors (Lipinski definition) is 7. The zero-order valence-corrected chi connectivity index (χ0v) is 22.9. The number of urea groups is 1. The highest BCUT2D eigenvalue weighted by Crippen LogP contribution is 2.37. The lowest BCUT2D eigenvalue weighted by molar-refractivity contribution is -0.117. The number of hydrogen-bond donors (Lipinski definition) is 3. The summed E-state index contributed by atoms with van der Waals surface area (Å²) in [6, 6.07) is 9.86. The zero-order valence-electron chi connectivity index (χ0n) is 22.1. The minimum Gasteiger partial charge on any atom is -0.368 e. The number of pyridine rings is 1. The summed E-state index contributed by atoms with van der Waals surface area (Å²) in [5, 5.41) is 9.48. The molecule has 0 saturated heterocycles. The van der Waals surface area contributed by atoms with Gasteiger partial charge in [-0.3, -0.25) is 10.3 Å². The number of aldehydes is 1. The Morgan fingerprint density at radius 2 is 2.08 bits per heavy atom. The monoisotopic (exact) mass is 530 g/mol. The molecule has 1 aliphatic rings. The molecule has 0 atom stereocenters. The Labute approximate surface area is 227 Å². The molecular formula is C29H34N6O2S. The van der Waals surface area contributed by atoms with Gasteiger partial charge in [0.25, 0.3) is 0 Å². The Kier molecular flexibility index (Phi) is 8.68. The second kappa shape index (κ2) is 12.1. The van der Waals surface area contributed by atoms with Crippen LogP contribution in [0.25, 0.3) is 27.0 Å². The number of benzene rings is 1. The van der Waals surface area contributed by atoms with Crippen molar-refractivity contribution in [2.45, 2.75) is 52.5 Å². The van der Waals surface area contributed by atoms with Crippen LogP contribution in [0.15, 0.2) is 60.0 Å². The van der Waals surface area contributed by atoms with Crippen molar-refractivity contribution in [3.05, 3.63) is 60.6 Å². The number of amides is 2. The molecule has 1 aliphatic carbocycles. The van der Waals surface area contributed by atoms with E-state index in [2.05, 4.69) is 43.6 Å². The molecule has 1 saturated carbocycles. The molecular weight excluding hydrogens is 496 g/mol. The van der Waals surface area contributed by atoms with Crippen molar-refractivity contribution in [1.82, 2.24) is 20.6 Å². The molecule has 4 rings (SSSR count). The smallest absolute Gasteiger partial charge is 0.321 e. The van der Waals surface area contributed by atoms with Crippen LogP contribution < -0.4 is 16.0 Å². The first-order chi connectivity index (χ1) is 18.3. The first-order valence-corrected chi connectivity index (χ1v) is 13.7. The summed E-state index contributed by atoms with van der Waals surface area (Å²) in [6.07, 6.45) is 10.2. The number of fused-ring (bicyclic) bond motifs is 1. The molecule has 0 bridgehead atoms. The molecule has 0 unspecified atom stereocenters. The molecule has 3 N–H and O–H groups in total. The Balaban J connectivity index is 1.58. The van der Waals surface area contributed by atoms with Gasteiger partial charge in [-0.1, -0.05) is 37.0 Å². The third kappa shape index (κ3) is 6.52. The third-order valence-electron chi connectivity index (χ3n) is 6.78. The summed E-state index contributed by atoms with van der Waals surface area (Å²) < 4.78 is 0.942. The first kappa shape index (κ1) is 27.2. The van der Waals surface area contributed by atoms with E-state index in [1.807, 2.05) is 51.1 Å². The predicted molar refractivity (Wildman–Crippen MR) is 156 cm³/mol. The number of carbonyl (C=O) groups excluding carboxylic acids is 2. The van der Waals surface area contributed by atoms with Crippen LogP contribution in [0.5, 0.6) is 0 Å². The topological polar surface area (TPSA) is 108 Å². The molecule has 198 valence electrons. The molecule has 2 amide bonds. The number of nitrogens with zero attached hydrogens (tertiary/aromatic N) is 3.